The Morgan fingerprint density at radius 3 is 2.95 bits per heavy atom. The van der Waals surface area contributed by atoms with Crippen LogP contribution in [0.1, 0.15) is 35.3 Å². The minimum Gasteiger partial charge on any atom is -0.481 e. The number of aryl methyl sites for hydroxylation is 1. The highest BCUT2D eigenvalue weighted by Gasteiger charge is 2.32. The molecule has 2 rings (SSSR count). The largest absolute Gasteiger partial charge is 0.481 e. The van der Waals surface area contributed by atoms with E-state index in [2.05, 4.69) is 10.3 Å². The number of amides is 1. The first-order valence-corrected chi connectivity index (χ1v) is 6.52. The molecule has 0 bridgehead atoms. The van der Waals surface area contributed by atoms with Crippen molar-refractivity contribution in [3.05, 3.63) is 29.6 Å². The fourth-order valence-electron chi connectivity index (χ4n) is 2.64. The Balaban J connectivity index is 1.94. The van der Waals surface area contributed by atoms with E-state index >= 15 is 0 Å². The number of carbonyl (C=O) groups excluding carboxylic acids is 1. The highest BCUT2D eigenvalue weighted by atomic mass is 16.4. The summed E-state index contributed by atoms with van der Waals surface area (Å²) in [5.41, 5.74) is 1.23. The van der Waals surface area contributed by atoms with Crippen LogP contribution in [0.2, 0.25) is 0 Å². The maximum Gasteiger partial charge on any atom is 0.306 e. The van der Waals surface area contributed by atoms with Gasteiger partial charge >= 0.3 is 5.97 Å². The third-order valence-electron chi connectivity index (χ3n) is 3.73. The van der Waals surface area contributed by atoms with Crippen LogP contribution < -0.4 is 5.32 Å². The van der Waals surface area contributed by atoms with Crippen LogP contribution in [0.25, 0.3) is 0 Å². The van der Waals surface area contributed by atoms with E-state index in [-0.39, 0.29) is 17.7 Å². The summed E-state index contributed by atoms with van der Waals surface area (Å²) >= 11 is 0. The van der Waals surface area contributed by atoms with Gasteiger partial charge in [0.05, 0.1) is 5.92 Å². The van der Waals surface area contributed by atoms with Crippen molar-refractivity contribution in [1.82, 2.24) is 10.3 Å². The molecule has 1 heterocycles. The lowest BCUT2D eigenvalue weighted by Crippen LogP contribution is -2.33. The molecular formula is C14H18N2O3. The molecule has 0 saturated heterocycles. The van der Waals surface area contributed by atoms with Gasteiger partial charge in [-0.05, 0) is 37.3 Å². The molecule has 5 heteroatoms. The zero-order valence-corrected chi connectivity index (χ0v) is 10.9. The number of aliphatic carboxylic acids is 1. The van der Waals surface area contributed by atoms with Gasteiger partial charge in [-0.1, -0.05) is 12.5 Å². The van der Waals surface area contributed by atoms with Gasteiger partial charge in [0.25, 0.3) is 5.91 Å². The molecule has 1 fully saturated rings. The fourth-order valence-corrected chi connectivity index (χ4v) is 2.64. The molecule has 2 unspecified atom stereocenters. The standard InChI is InChI=1S/C14H18N2O3/c1-9-4-3-7-15-12(9)13(17)16-8-10-5-2-6-11(10)14(18)19/h3-4,7,10-11H,2,5-6,8H2,1H3,(H,16,17)(H,18,19). The number of rotatable bonds is 4. The average molecular weight is 262 g/mol. The van der Waals surface area contributed by atoms with Crippen molar-refractivity contribution in [3.8, 4) is 0 Å². The molecule has 1 aliphatic carbocycles. The van der Waals surface area contributed by atoms with Crippen molar-refractivity contribution in [3.63, 3.8) is 0 Å². The lowest BCUT2D eigenvalue weighted by molar-refractivity contribution is -0.142. The maximum absolute atomic E-state index is 12.0. The molecule has 1 amide bonds. The Hall–Kier alpha value is -1.91. The van der Waals surface area contributed by atoms with E-state index in [0.717, 1.165) is 18.4 Å². The highest BCUT2D eigenvalue weighted by Crippen LogP contribution is 2.31. The van der Waals surface area contributed by atoms with Crippen LogP contribution >= 0.6 is 0 Å². The second-order valence-electron chi connectivity index (χ2n) is 5.01. The Morgan fingerprint density at radius 2 is 2.26 bits per heavy atom. The summed E-state index contributed by atoms with van der Waals surface area (Å²) in [6.45, 7) is 2.24. The van der Waals surface area contributed by atoms with E-state index in [1.54, 1.807) is 12.3 Å². The molecule has 0 radical (unpaired) electrons. The number of carboxylic acid groups (broad SMARTS) is 1. The van der Waals surface area contributed by atoms with Crippen LogP contribution in [0.5, 0.6) is 0 Å². The summed E-state index contributed by atoms with van der Waals surface area (Å²) in [5, 5.41) is 11.9. The Morgan fingerprint density at radius 1 is 1.47 bits per heavy atom. The van der Waals surface area contributed by atoms with Crippen molar-refractivity contribution in [1.29, 1.82) is 0 Å². The number of pyridine rings is 1. The molecule has 0 aliphatic heterocycles. The van der Waals surface area contributed by atoms with Crippen molar-refractivity contribution in [2.75, 3.05) is 6.54 Å². The molecule has 1 aromatic rings. The van der Waals surface area contributed by atoms with Gasteiger partial charge < -0.3 is 10.4 Å². The topological polar surface area (TPSA) is 79.3 Å². The summed E-state index contributed by atoms with van der Waals surface area (Å²) in [5.74, 6) is -1.28. The Kier molecular flexibility index (Phi) is 4.14. The number of hydrogen-bond acceptors (Lipinski definition) is 3. The van der Waals surface area contributed by atoms with Gasteiger partial charge in [0, 0.05) is 12.7 Å². The highest BCUT2D eigenvalue weighted by molar-refractivity contribution is 5.93. The first-order valence-electron chi connectivity index (χ1n) is 6.52. The summed E-state index contributed by atoms with van der Waals surface area (Å²) in [4.78, 5) is 27.1. The van der Waals surface area contributed by atoms with E-state index in [1.165, 1.54) is 0 Å². The second-order valence-corrected chi connectivity index (χ2v) is 5.01. The maximum atomic E-state index is 12.0. The number of carbonyl (C=O) groups is 2. The molecule has 1 aliphatic rings. The molecular weight excluding hydrogens is 244 g/mol. The SMILES string of the molecule is Cc1cccnc1C(=O)NCC1CCCC1C(=O)O. The molecule has 19 heavy (non-hydrogen) atoms. The van der Waals surface area contributed by atoms with Crippen LogP contribution in [0, 0.1) is 18.8 Å². The summed E-state index contributed by atoms with van der Waals surface area (Å²) in [6.07, 6.45) is 4.06. The average Bonchev–Trinajstić information content (AvgIpc) is 2.85. The summed E-state index contributed by atoms with van der Waals surface area (Å²) < 4.78 is 0. The van der Waals surface area contributed by atoms with E-state index < -0.39 is 5.97 Å². The van der Waals surface area contributed by atoms with Crippen molar-refractivity contribution >= 4 is 11.9 Å². The molecule has 0 aromatic carbocycles. The van der Waals surface area contributed by atoms with Gasteiger partial charge in [-0.15, -0.1) is 0 Å². The molecule has 1 aromatic heterocycles. The number of nitrogens with one attached hydrogen (secondary N) is 1. The molecule has 5 nitrogen and oxygen atoms in total. The zero-order chi connectivity index (χ0) is 13.8. The lowest BCUT2D eigenvalue weighted by Gasteiger charge is -2.16. The molecule has 0 spiro atoms. The van der Waals surface area contributed by atoms with E-state index in [4.69, 9.17) is 5.11 Å². The third kappa shape index (κ3) is 3.10. The predicted octanol–water partition coefficient (Wildman–Crippen LogP) is 1.62. The monoisotopic (exact) mass is 262 g/mol. The lowest BCUT2D eigenvalue weighted by atomic mass is 9.96. The molecule has 2 atom stereocenters. The van der Waals surface area contributed by atoms with Crippen LogP contribution in [-0.4, -0.2) is 28.5 Å². The first-order chi connectivity index (χ1) is 9.09. The van der Waals surface area contributed by atoms with Gasteiger partial charge in [0.2, 0.25) is 0 Å². The molecule has 102 valence electrons. The first kappa shape index (κ1) is 13.5. The number of aromatic nitrogens is 1. The van der Waals surface area contributed by atoms with Crippen LogP contribution in [0.15, 0.2) is 18.3 Å². The quantitative estimate of drug-likeness (QED) is 0.864. The summed E-state index contributed by atoms with van der Waals surface area (Å²) in [6, 6.07) is 3.61. The van der Waals surface area contributed by atoms with Crippen molar-refractivity contribution in [2.24, 2.45) is 11.8 Å². The van der Waals surface area contributed by atoms with Gasteiger partial charge in [-0.25, -0.2) is 0 Å². The Labute approximate surface area is 112 Å². The van der Waals surface area contributed by atoms with Crippen molar-refractivity contribution < 1.29 is 14.7 Å². The van der Waals surface area contributed by atoms with Gasteiger partial charge in [-0.2, -0.15) is 0 Å². The van der Waals surface area contributed by atoms with Gasteiger partial charge in [0.1, 0.15) is 5.69 Å². The smallest absolute Gasteiger partial charge is 0.306 e. The van der Waals surface area contributed by atoms with Gasteiger partial charge in [-0.3, -0.25) is 14.6 Å². The zero-order valence-electron chi connectivity index (χ0n) is 10.9. The number of carboxylic acids is 1. The third-order valence-corrected chi connectivity index (χ3v) is 3.73. The van der Waals surface area contributed by atoms with Crippen LogP contribution in [0.4, 0.5) is 0 Å². The fraction of sp³-hybridized carbons (Fsp3) is 0.500. The van der Waals surface area contributed by atoms with E-state index in [1.807, 2.05) is 13.0 Å². The second kappa shape index (κ2) is 5.82. The molecule has 2 N–H and O–H groups in total. The minimum absolute atomic E-state index is 0.0328. The van der Waals surface area contributed by atoms with E-state index in [9.17, 15) is 9.59 Å². The number of hydrogen-bond donors (Lipinski definition) is 2. The predicted molar refractivity (Wildman–Crippen MR) is 69.8 cm³/mol. The van der Waals surface area contributed by atoms with Crippen molar-refractivity contribution in [2.45, 2.75) is 26.2 Å². The summed E-state index contributed by atoms with van der Waals surface area (Å²) in [7, 11) is 0. The van der Waals surface area contributed by atoms with Gasteiger partial charge in [0.15, 0.2) is 0 Å². The molecule has 1 saturated carbocycles. The Bertz CT molecular complexity index is 487. The normalized spacial score (nSPS) is 22.2. The van der Waals surface area contributed by atoms with Crippen LogP contribution in [0.3, 0.4) is 0 Å². The van der Waals surface area contributed by atoms with E-state index in [0.29, 0.717) is 18.7 Å². The van der Waals surface area contributed by atoms with Crippen LogP contribution in [-0.2, 0) is 4.79 Å². The number of nitrogens with zero attached hydrogens (tertiary/aromatic N) is 1. The minimum atomic E-state index is -0.759.